The molecule has 13 heteroatoms. The Kier molecular flexibility index (Phi) is 9.15. The van der Waals surface area contributed by atoms with Crippen LogP contribution >= 0.6 is 0 Å². The number of anilines is 1. The maximum absolute atomic E-state index is 15.2. The van der Waals surface area contributed by atoms with Crippen LogP contribution in [0.4, 0.5) is 19.4 Å². The lowest BCUT2D eigenvalue weighted by molar-refractivity contribution is 0.0871. The molecular weight excluding hydrogens is 526 g/mol. The van der Waals surface area contributed by atoms with Crippen LogP contribution in [-0.2, 0) is 4.74 Å². The number of aromatic nitrogens is 3. The topological polar surface area (TPSA) is 135 Å². The van der Waals surface area contributed by atoms with E-state index in [4.69, 9.17) is 14.0 Å². The van der Waals surface area contributed by atoms with Gasteiger partial charge in [-0.05, 0) is 52.4 Å². The van der Waals surface area contributed by atoms with Crippen LogP contribution in [0.5, 0.6) is 5.75 Å². The summed E-state index contributed by atoms with van der Waals surface area (Å²) in [5.74, 6) is 0.612. The standard InChI is InChI=1S/C27H34F2N6O5/c1-14-24(23-15(2)34-40-16(23)3)32-26(19-10-18(6-7-20(19)28)39-13-17(36)11-30-4)33-25(14)31-22-8-9-35(12-21(22)29)27(37)38-5/h6-7,10,17,21-22,30,36H,8-9,11-13H2,1-5H3,(H,31,32,33)/t17-,21-,22+/m1/s1. The molecule has 0 spiro atoms. The van der Waals surface area contributed by atoms with Crippen molar-refractivity contribution in [3.05, 3.63) is 41.0 Å². The van der Waals surface area contributed by atoms with E-state index >= 15 is 8.78 Å². The van der Waals surface area contributed by atoms with Gasteiger partial charge >= 0.3 is 6.09 Å². The molecule has 1 saturated heterocycles. The number of likely N-dealkylation sites (tertiary alicyclic amines) is 1. The van der Waals surface area contributed by atoms with E-state index in [2.05, 4.69) is 25.8 Å². The molecule has 0 unspecified atom stereocenters. The number of ether oxygens (including phenoxy) is 2. The number of nitrogens with zero attached hydrogens (tertiary/aromatic N) is 4. The number of likely N-dealkylation sites (N-methyl/N-ethyl adjacent to an activating group) is 1. The van der Waals surface area contributed by atoms with Crippen LogP contribution in [0.25, 0.3) is 22.6 Å². The van der Waals surface area contributed by atoms with Crippen LogP contribution in [-0.4, -0.2) is 89.9 Å². The van der Waals surface area contributed by atoms with Crippen molar-refractivity contribution in [3.8, 4) is 28.4 Å². The summed E-state index contributed by atoms with van der Waals surface area (Å²) in [7, 11) is 2.97. The Morgan fingerprint density at radius 2 is 2.08 bits per heavy atom. The SMILES string of the molecule is CNC[C@@H](O)COc1ccc(F)c(-c2nc(N[C@H]3CCN(C(=O)OC)C[C@H]3F)c(C)c(-c3c(C)noc3C)n2)c1. The maximum Gasteiger partial charge on any atom is 0.409 e. The molecule has 0 bridgehead atoms. The van der Waals surface area contributed by atoms with Gasteiger partial charge < -0.3 is 34.6 Å². The molecular formula is C27H34F2N6O5. The van der Waals surface area contributed by atoms with E-state index in [0.717, 1.165) is 0 Å². The van der Waals surface area contributed by atoms with Gasteiger partial charge in [-0.15, -0.1) is 0 Å². The number of hydrogen-bond donors (Lipinski definition) is 3. The third-order valence-electron chi connectivity index (χ3n) is 6.77. The monoisotopic (exact) mass is 560 g/mol. The zero-order valence-electron chi connectivity index (χ0n) is 23.1. The highest BCUT2D eigenvalue weighted by Gasteiger charge is 2.33. The largest absolute Gasteiger partial charge is 0.491 e. The number of hydrogen-bond acceptors (Lipinski definition) is 10. The Morgan fingerprint density at radius 1 is 1.30 bits per heavy atom. The van der Waals surface area contributed by atoms with Crippen LogP contribution < -0.4 is 15.4 Å². The highest BCUT2D eigenvalue weighted by molar-refractivity contribution is 5.75. The van der Waals surface area contributed by atoms with Gasteiger partial charge in [0.2, 0.25) is 0 Å². The number of aryl methyl sites for hydroxylation is 2. The average Bonchev–Trinajstić information content (AvgIpc) is 3.27. The number of piperidine rings is 1. The van der Waals surface area contributed by atoms with Gasteiger partial charge in [-0.1, -0.05) is 5.16 Å². The zero-order chi connectivity index (χ0) is 29.0. The normalized spacial score (nSPS) is 17.9. The van der Waals surface area contributed by atoms with E-state index < -0.39 is 30.2 Å². The summed E-state index contributed by atoms with van der Waals surface area (Å²) in [6.45, 7) is 5.79. The van der Waals surface area contributed by atoms with Crippen LogP contribution in [0.1, 0.15) is 23.4 Å². The maximum atomic E-state index is 15.2. The Hall–Kier alpha value is -3.84. The van der Waals surface area contributed by atoms with Crippen molar-refractivity contribution in [2.45, 2.75) is 45.5 Å². The highest BCUT2D eigenvalue weighted by Crippen LogP contribution is 2.35. The third-order valence-corrected chi connectivity index (χ3v) is 6.77. The van der Waals surface area contributed by atoms with Gasteiger partial charge in [-0.3, -0.25) is 0 Å². The Balaban J connectivity index is 1.72. The quantitative estimate of drug-likeness (QED) is 0.357. The molecule has 40 heavy (non-hydrogen) atoms. The van der Waals surface area contributed by atoms with Crippen LogP contribution in [0, 0.1) is 26.6 Å². The Labute approximate surface area is 230 Å². The predicted octanol–water partition coefficient (Wildman–Crippen LogP) is 3.41. The summed E-state index contributed by atoms with van der Waals surface area (Å²) >= 11 is 0. The number of rotatable bonds is 9. The fourth-order valence-corrected chi connectivity index (χ4v) is 4.63. The van der Waals surface area contributed by atoms with Crippen LogP contribution in [0.15, 0.2) is 22.7 Å². The number of methoxy groups -OCH3 is 1. The van der Waals surface area contributed by atoms with E-state index in [1.54, 1.807) is 27.8 Å². The minimum atomic E-state index is -1.40. The molecule has 0 saturated carbocycles. The van der Waals surface area contributed by atoms with Crippen molar-refractivity contribution in [2.24, 2.45) is 0 Å². The first-order chi connectivity index (χ1) is 19.1. The molecule has 1 aliphatic heterocycles. The van der Waals surface area contributed by atoms with E-state index in [0.29, 0.717) is 59.4 Å². The number of carbonyl (C=O) groups is 1. The average molecular weight is 561 g/mol. The number of nitrogens with one attached hydrogen (secondary N) is 2. The summed E-state index contributed by atoms with van der Waals surface area (Å²) in [6.07, 6.45) is -2.43. The van der Waals surface area contributed by atoms with Crippen LogP contribution in [0.3, 0.4) is 0 Å². The smallest absolute Gasteiger partial charge is 0.409 e. The molecule has 0 aliphatic carbocycles. The highest BCUT2D eigenvalue weighted by atomic mass is 19.1. The Bertz CT molecular complexity index is 1330. The van der Waals surface area contributed by atoms with E-state index in [9.17, 15) is 9.90 Å². The number of alkyl halides is 1. The summed E-state index contributed by atoms with van der Waals surface area (Å²) in [6, 6.07) is 3.49. The van der Waals surface area contributed by atoms with Crippen molar-refractivity contribution >= 4 is 11.9 Å². The fraction of sp³-hybridized carbons (Fsp3) is 0.481. The second kappa shape index (κ2) is 12.6. The van der Waals surface area contributed by atoms with E-state index in [1.807, 2.05) is 0 Å². The molecule has 1 fully saturated rings. The van der Waals surface area contributed by atoms with Crippen molar-refractivity contribution < 1.29 is 32.7 Å². The van der Waals surface area contributed by atoms with Gasteiger partial charge in [0.1, 0.15) is 42.0 Å². The molecule has 0 radical (unpaired) electrons. The number of aliphatic hydroxyl groups excluding tert-OH is 1. The second-order valence-corrected chi connectivity index (χ2v) is 9.70. The molecule has 1 aromatic carbocycles. The molecule has 4 rings (SSSR count). The van der Waals surface area contributed by atoms with Crippen molar-refractivity contribution in [3.63, 3.8) is 0 Å². The molecule has 1 aliphatic rings. The van der Waals surface area contributed by atoms with Crippen molar-refractivity contribution in [2.75, 3.05) is 45.7 Å². The zero-order valence-corrected chi connectivity index (χ0v) is 23.1. The molecule has 1 amide bonds. The first-order valence-corrected chi connectivity index (χ1v) is 12.9. The van der Waals surface area contributed by atoms with Gasteiger partial charge in [0.25, 0.3) is 0 Å². The molecule has 3 heterocycles. The molecule has 3 aromatic rings. The lowest BCUT2D eigenvalue weighted by Gasteiger charge is -2.34. The van der Waals surface area contributed by atoms with Crippen molar-refractivity contribution in [1.29, 1.82) is 0 Å². The third kappa shape index (κ3) is 6.31. The molecule has 3 atom stereocenters. The summed E-state index contributed by atoms with van der Waals surface area (Å²) in [5, 5.41) is 20.0. The summed E-state index contributed by atoms with van der Waals surface area (Å²) in [5.41, 5.74) is 2.34. The second-order valence-electron chi connectivity index (χ2n) is 9.70. The van der Waals surface area contributed by atoms with Gasteiger partial charge in [-0.2, -0.15) is 0 Å². The Morgan fingerprint density at radius 3 is 2.73 bits per heavy atom. The summed E-state index contributed by atoms with van der Waals surface area (Å²) < 4.78 is 46.1. The predicted molar refractivity (Wildman–Crippen MR) is 143 cm³/mol. The van der Waals surface area contributed by atoms with Gasteiger partial charge in [-0.25, -0.2) is 23.5 Å². The van der Waals surface area contributed by atoms with Crippen LogP contribution in [0.2, 0.25) is 0 Å². The minimum Gasteiger partial charge on any atom is -0.491 e. The lowest BCUT2D eigenvalue weighted by Crippen LogP contribution is -2.50. The number of aliphatic hydroxyl groups is 1. The number of halogens is 2. The number of benzene rings is 1. The lowest BCUT2D eigenvalue weighted by atomic mass is 10.0. The van der Waals surface area contributed by atoms with Gasteiger partial charge in [0, 0.05) is 18.7 Å². The number of amides is 1. The molecule has 11 nitrogen and oxygen atoms in total. The van der Waals surface area contributed by atoms with E-state index in [-0.39, 0.29) is 24.5 Å². The minimum absolute atomic E-state index is 0.0000382. The first kappa shape index (κ1) is 29.2. The molecule has 2 aromatic heterocycles. The van der Waals surface area contributed by atoms with E-state index in [1.165, 1.54) is 30.2 Å². The molecule has 3 N–H and O–H groups in total. The number of carbonyl (C=O) groups excluding carboxylic acids is 1. The fourth-order valence-electron chi connectivity index (χ4n) is 4.63. The molecule has 216 valence electrons. The van der Waals surface area contributed by atoms with Crippen molar-refractivity contribution in [1.82, 2.24) is 25.3 Å². The van der Waals surface area contributed by atoms with Gasteiger partial charge in [0.05, 0.1) is 42.2 Å². The summed E-state index contributed by atoms with van der Waals surface area (Å²) in [4.78, 5) is 22.5. The first-order valence-electron chi connectivity index (χ1n) is 12.9. The van der Waals surface area contributed by atoms with Gasteiger partial charge in [0.15, 0.2) is 5.82 Å².